The van der Waals surface area contributed by atoms with Crippen molar-refractivity contribution < 1.29 is 19.1 Å². The second kappa shape index (κ2) is 11.0. The molecule has 1 aliphatic carbocycles. The molecule has 7 rings (SSSR count). The number of ether oxygens (including phenoxy) is 2. The van der Waals surface area contributed by atoms with Crippen LogP contribution in [0.15, 0.2) is 133 Å². The smallest absolute Gasteiger partial charge is 0.343 e. The van der Waals surface area contributed by atoms with E-state index in [4.69, 9.17) is 9.47 Å². The number of esters is 2. The van der Waals surface area contributed by atoms with Gasteiger partial charge in [-0.1, -0.05) is 84.9 Å². The highest BCUT2D eigenvalue weighted by Gasteiger charge is 2.33. The molecule has 0 saturated heterocycles. The number of benzene rings is 6. The van der Waals surface area contributed by atoms with Crippen LogP contribution in [0.5, 0.6) is 11.5 Å². The molecule has 0 N–H and O–H groups in total. The fourth-order valence-corrected chi connectivity index (χ4v) is 5.82. The maximum Gasteiger partial charge on any atom is 0.343 e. The third-order valence-corrected chi connectivity index (χ3v) is 8.29. The van der Waals surface area contributed by atoms with Gasteiger partial charge in [0.15, 0.2) is 0 Å². The Labute approximate surface area is 244 Å². The van der Waals surface area contributed by atoms with Crippen molar-refractivity contribution in [3.63, 3.8) is 0 Å². The van der Waals surface area contributed by atoms with E-state index in [0.717, 1.165) is 34.4 Å². The van der Waals surface area contributed by atoms with E-state index in [-0.39, 0.29) is 11.9 Å². The fraction of sp³-hybridized carbons (Fsp3) is 0.105. The molecule has 6 aromatic rings. The molecule has 0 amide bonds. The summed E-state index contributed by atoms with van der Waals surface area (Å²) in [5, 5.41) is 4.27. The largest absolute Gasteiger partial charge is 0.423 e. The van der Waals surface area contributed by atoms with Crippen LogP contribution >= 0.6 is 0 Å². The Bertz CT molecular complexity index is 1780. The molecule has 4 nitrogen and oxygen atoms in total. The summed E-state index contributed by atoms with van der Waals surface area (Å²) in [5.74, 6) is 1.07. The Balaban J connectivity index is 0.991. The van der Waals surface area contributed by atoms with Gasteiger partial charge in [0.2, 0.25) is 0 Å². The highest BCUT2D eigenvalue weighted by Crippen LogP contribution is 2.49. The normalized spacial score (nSPS) is 16.1. The second-order valence-electron chi connectivity index (χ2n) is 10.8. The SMILES string of the molecule is O=C(Oc1ccc2ccccc2c1)c1ccc([C@H]2CC[C@H]2c2ccc(C(=O)Oc3ccc4ccccc4c3)cc2)cc1. The molecular weight excluding hydrogens is 520 g/mol. The molecular formula is C38H28O4. The van der Waals surface area contributed by atoms with E-state index in [9.17, 15) is 9.59 Å². The zero-order valence-corrected chi connectivity index (χ0v) is 22.9. The van der Waals surface area contributed by atoms with Gasteiger partial charge >= 0.3 is 11.9 Å². The van der Waals surface area contributed by atoms with Crippen molar-refractivity contribution in [2.24, 2.45) is 0 Å². The lowest BCUT2D eigenvalue weighted by Gasteiger charge is -2.37. The van der Waals surface area contributed by atoms with E-state index in [1.807, 2.05) is 133 Å². The third-order valence-electron chi connectivity index (χ3n) is 8.29. The molecule has 42 heavy (non-hydrogen) atoms. The Morgan fingerprint density at radius 3 is 1.21 bits per heavy atom. The molecule has 0 aromatic heterocycles. The third kappa shape index (κ3) is 5.15. The molecule has 1 saturated carbocycles. The Morgan fingerprint density at radius 1 is 0.452 bits per heavy atom. The molecule has 204 valence electrons. The minimum absolute atomic E-state index is 0.367. The average molecular weight is 549 g/mol. The van der Waals surface area contributed by atoms with Crippen LogP contribution in [0.2, 0.25) is 0 Å². The summed E-state index contributed by atoms with van der Waals surface area (Å²) in [7, 11) is 0. The van der Waals surface area contributed by atoms with Crippen molar-refractivity contribution >= 4 is 33.5 Å². The van der Waals surface area contributed by atoms with Crippen LogP contribution in [0.25, 0.3) is 21.5 Å². The van der Waals surface area contributed by atoms with Gasteiger partial charge in [-0.2, -0.15) is 0 Å². The Kier molecular flexibility index (Phi) is 6.73. The summed E-state index contributed by atoms with van der Waals surface area (Å²) in [5.41, 5.74) is 3.45. The van der Waals surface area contributed by atoms with Gasteiger partial charge in [0, 0.05) is 0 Å². The molecule has 0 unspecified atom stereocenters. The van der Waals surface area contributed by atoms with Crippen LogP contribution < -0.4 is 9.47 Å². The Morgan fingerprint density at radius 2 is 0.833 bits per heavy atom. The number of hydrogen-bond acceptors (Lipinski definition) is 4. The summed E-state index contributed by atoms with van der Waals surface area (Å²) < 4.78 is 11.3. The molecule has 1 aliphatic rings. The van der Waals surface area contributed by atoms with Crippen molar-refractivity contribution in [1.29, 1.82) is 0 Å². The van der Waals surface area contributed by atoms with Crippen molar-refractivity contribution in [2.75, 3.05) is 0 Å². The molecule has 0 spiro atoms. The minimum Gasteiger partial charge on any atom is -0.423 e. The highest BCUT2D eigenvalue weighted by molar-refractivity contribution is 5.93. The lowest BCUT2D eigenvalue weighted by Crippen LogP contribution is -2.22. The zero-order chi connectivity index (χ0) is 28.5. The highest BCUT2D eigenvalue weighted by atomic mass is 16.5. The van der Waals surface area contributed by atoms with Gasteiger partial charge < -0.3 is 9.47 Å². The predicted molar refractivity (Wildman–Crippen MR) is 165 cm³/mol. The predicted octanol–water partition coefficient (Wildman–Crippen LogP) is 9.09. The lowest BCUT2D eigenvalue weighted by atomic mass is 9.67. The van der Waals surface area contributed by atoms with Gasteiger partial charge in [0.25, 0.3) is 0 Å². The molecule has 4 heteroatoms. The maximum atomic E-state index is 12.8. The minimum atomic E-state index is -0.367. The van der Waals surface area contributed by atoms with Crippen LogP contribution in [-0.4, -0.2) is 11.9 Å². The molecule has 0 radical (unpaired) electrons. The molecule has 0 heterocycles. The first-order chi connectivity index (χ1) is 20.6. The monoisotopic (exact) mass is 548 g/mol. The van der Waals surface area contributed by atoms with Crippen LogP contribution in [-0.2, 0) is 0 Å². The maximum absolute atomic E-state index is 12.8. The van der Waals surface area contributed by atoms with Gasteiger partial charge in [0.05, 0.1) is 11.1 Å². The lowest BCUT2D eigenvalue weighted by molar-refractivity contribution is 0.0725. The van der Waals surface area contributed by atoms with Crippen molar-refractivity contribution in [3.8, 4) is 11.5 Å². The summed E-state index contributed by atoms with van der Waals surface area (Å²) in [4.78, 5) is 25.6. The standard InChI is InChI=1S/C38H28O4/c39-37(41-33-19-17-25-5-1-3-7-31(25)23-33)29-13-9-27(10-14-29)35-21-22-36(35)28-11-15-30(16-12-28)38(40)42-34-20-18-26-6-2-4-8-32(26)24-34/h1-20,23-24,35-36H,21-22H2/t35-,36+. The van der Waals surface area contributed by atoms with Gasteiger partial charge in [-0.25, -0.2) is 9.59 Å². The van der Waals surface area contributed by atoms with Gasteiger partial charge in [0.1, 0.15) is 11.5 Å². The van der Waals surface area contributed by atoms with Crippen LogP contribution in [0.3, 0.4) is 0 Å². The molecule has 0 bridgehead atoms. The van der Waals surface area contributed by atoms with Crippen LogP contribution in [0.4, 0.5) is 0 Å². The van der Waals surface area contributed by atoms with Gasteiger partial charge in [-0.3, -0.25) is 0 Å². The van der Waals surface area contributed by atoms with Gasteiger partial charge in [-0.15, -0.1) is 0 Å². The summed E-state index contributed by atoms with van der Waals surface area (Å²) in [6.45, 7) is 0. The molecule has 2 atom stereocenters. The Hall–Kier alpha value is -5.22. The fourth-order valence-electron chi connectivity index (χ4n) is 5.82. The first-order valence-corrected chi connectivity index (χ1v) is 14.2. The number of carbonyl (C=O) groups is 2. The molecule has 1 fully saturated rings. The second-order valence-corrected chi connectivity index (χ2v) is 10.8. The summed E-state index contributed by atoms with van der Waals surface area (Å²) >= 11 is 0. The number of fused-ring (bicyclic) bond motifs is 2. The topological polar surface area (TPSA) is 52.6 Å². The van der Waals surface area contributed by atoms with E-state index in [2.05, 4.69) is 0 Å². The molecule has 6 aromatic carbocycles. The first kappa shape index (κ1) is 25.7. The van der Waals surface area contributed by atoms with E-state index in [1.165, 1.54) is 11.1 Å². The number of hydrogen-bond donors (Lipinski definition) is 0. The van der Waals surface area contributed by atoms with Gasteiger partial charge in [-0.05, 0) is 106 Å². The average Bonchev–Trinajstić information content (AvgIpc) is 3.01. The number of carbonyl (C=O) groups excluding carboxylic acids is 2. The van der Waals surface area contributed by atoms with E-state index >= 15 is 0 Å². The van der Waals surface area contributed by atoms with E-state index < -0.39 is 0 Å². The summed E-state index contributed by atoms with van der Waals surface area (Å²) in [6.07, 6.45) is 2.16. The van der Waals surface area contributed by atoms with Crippen molar-refractivity contribution in [2.45, 2.75) is 24.7 Å². The quantitative estimate of drug-likeness (QED) is 0.154. The molecule has 0 aliphatic heterocycles. The van der Waals surface area contributed by atoms with Crippen molar-refractivity contribution in [1.82, 2.24) is 0 Å². The summed E-state index contributed by atoms with van der Waals surface area (Å²) in [6, 6.07) is 42.8. The van der Waals surface area contributed by atoms with E-state index in [0.29, 0.717) is 34.5 Å². The first-order valence-electron chi connectivity index (χ1n) is 14.2. The van der Waals surface area contributed by atoms with E-state index in [1.54, 1.807) is 0 Å². The van der Waals surface area contributed by atoms with Crippen LogP contribution in [0, 0.1) is 0 Å². The van der Waals surface area contributed by atoms with Crippen LogP contribution in [0.1, 0.15) is 56.5 Å². The number of rotatable bonds is 6. The van der Waals surface area contributed by atoms with Crippen molar-refractivity contribution in [3.05, 3.63) is 156 Å². The zero-order valence-electron chi connectivity index (χ0n) is 22.9.